The van der Waals surface area contributed by atoms with Crippen LogP contribution in [0.1, 0.15) is 19.0 Å². The number of benzene rings is 1. The van der Waals surface area contributed by atoms with Crippen molar-refractivity contribution in [3.63, 3.8) is 0 Å². The van der Waals surface area contributed by atoms with E-state index >= 15 is 0 Å². The van der Waals surface area contributed by atoms with Crippen molar-refractivity contribution >= 4 is 21.6 Å². The van der Waals surface area contributed by atoms with E-state index in [-0.39, 0.29) is 5.82 Å². The van der Waals surface area contributed by atoms with Gasteiger partial charge in [0.15, 0.2) is 0 Å². The number of nitrogen functional groups attached to an aromatic ring is 1. The van der Waals surface area contributed by atoms with Crippen molar-refractivity contribution in [1.29, 1.82) is 0 Å². The number of hydrogen-bond donors (Lipinski definition) is 1. The number of aryl methyl sites for hydroxylation is 2. The first-order chi connectivity index (χ1) is 9.02. The third-order valence-corrected chi connectivity index (χ3v) is 3.34. The van der Waals surface area contributed by atoms with Gasteiger partial charge < -0.3 is 10.5 Å². The Morgan fingerprint density at radius 1 is 1.47 bits per heavy atom. The van der Waals surface area contributed by atoms with Crippen LogP contribution in [0.2, 0.25) is 0 Å². The lowest BCUT2D eigenvalue weighted by Gasteiger charge is -2.07. The molecule has 0 aliphatic carbocycles. The zero-order valence-corrected chi connectivity index (χ0v) is 12.4. The molecule has 102 valence electrons. The van der Waals surface area contributed by atoms with Crippen molar-refractivity contribution in [2.45, 2.75) is 19.8 Å². The molecule has 0 saturated heterocycles. The summed E-state index contributed by atoms with van der Waals surface area (Å²) in [6, 6.07) is 4.55. The van der Waals surface area contributed by atoms with E-state index in [1.54, 1.807) is 23.9 Å². The smallest absolute Gasteiger partial charge is 0.241 e. The first-order valence-corrected chi connectivity index (χ1v) is 6.76. The second kappa shape index (κ2) is 5.61. The Morgan fingerprint density at radius 3 is 2.84 bits per heavy atom. The van der Waals surface area contributed by atoms with Crippen molar-refractivity contribution in [3.8, 4) is 11.6 Å². The Balaban J connectivity index is 2.30. The molecule has 0 aliphatic rings. The van der Waals surface area contributed by atoms with E-state index in [2.05, 4.69) is 28.0 Å². The van der Waals surface area contributed by atoms with E-state index < -0.39 is 0 Å². The second-order valence-corrected chi connectivity index (χ2v) is 5.07. The van der Waals surface area contributed by atoms with Crippen molar-refractivity contribution < 1.29 is 9.13 Å². The molecule has 1 aromatic heterocycles. The molecule has 19 heavy (non-hydrogen) atoms. The van der Waals surface area contributed by atoms with Gasteiger partial charge in [-0.25, -0.2) is 9.07 Å². The van der Waals surface area contributed by atoms with Crippen LogP contribution in [0.3, 0.4) is 0 Å². The molecule has 0 bridgehead atoms. The van der Waals surface area contributed by atoms with E-state index in [0.717, 1.165) is 18.5 Å². The summed E-state index contributed by atoms with van der Waals surface area (Å²) in [7, 11) is 1.75. The van der Waals surface area contributed by atoms with Crippen LogP contribution in [0.5, 0.6) is 11.6 Å². The fraction of sp³-hybridized carbons (Fsp3) is 0.308. The number of hydrogen-bond acceptors (Lipinski definition) is 3. The lowest BCUT2D eigenvalue weighted by atomic mass is 10.2. The Bertz CT molecular complexity index is 598. The molecule has 2 aromatic rings. The first kappa shape index (κ1) is 13.9. The van der Waals surface area contributed by atoms with E-state index in [1.165, 1.54) is 6.07 Å². The summed E-state index contributed by atoms with van der Waals surface area (Å²) in [5.41, 5.74) is 7.31. The predicted octanol–water partition coefficient (Wildman–Crippen LogP) is 3.65. The van der Waals surface area contributed by atoms with Gasteiger partial charge in [-0.2, -0.15) is 5.10 Å². The maximum Gasteiger partial charge on any atom is 0.241 e. The minimum Gasteiger partial charge on any atom is -0.437 e. The first-order valence-electron chi connectivity index (χ1n) is 5.97. The molecule has 2 rings (SSSR count). The molecule has 6 heteroatoms. The average molecular weight is 328 g/mol. The van der Waals surface area contributed by atoms with Gasteiger partial charge in [0.05, 0.1) is 10.2 Å². The zero-order valence-electron chi connectivity index (χ0n) is 10.8. The summed E-state index contributed by atoms with van der Waals surface area (Å²) >= 11 is 3.10. The molecule has 0 aliphatic heterocycles. The SMILES string of the molecule is CCCc1nn(C)c(Oc2ccc(Br)c(F)c2)c1N. The van der Waals surface area contributed by atoms with E-state index in [4.69, 9.17) is 10.5 Å². The van der Waals surface area contributed by atoms with Gasteiger partial charge in [-0.15, -0.1) is 0 Å². The van der Waals surface area contributed by atoms with Crippen LogP contribution in [-0.2, 0) is 13.5 Å². The highest BCUT2D eigenvalue weighted by Gasteiger charge is 2.15. The van der Waals surface area contributed by atoms with E-state index in [0.29, 0.717) is 21.8 Å². The Kier molecular flexibility index (Phi) is 4.09. The predicted molar refractivity (Wildman–Crippen MR) is 75.8 cm³/mol. The van der Waals surface area contributed by atoms with E-state index in [1.807, 2.05) is 0 Å². The molecular weight excluding hydrogens is 313 g/mol. The van der Waals surface area contributed by atoms with Gasteiger partial charge in [-0.05, 0) is 34.5 Å². The molecule has 0 atom stereocenters. The quantitative estimate of drug-likeness (QED) is 0.932. The van der Waals surface area contributed by atoms with Gasteiger partial charge in [0.1, 0.15) is 17.3 Å². The number of nitrogens with zero attached hydrogens (tertiary/aromatic N) is 2. The van der Waals surface area contributed by atoms with Crippen LogP contribution >= 0.6 is 15.9 Å². The highest BCUT2D eigenvalue weighted by molar-refractivity contribution is 9.10. The fourth-order valence-electron chi connectivity index (χ4n) is 1.77. The minimum atomic E-state index is -0.382. The molecule has 0 spiro atoms. The van der Waals surface area contributed by atoms with Crippen LogP contribution in [0.15, 0.2) is 22.7 Å². The number of rotatable bonds is 4. The molecule has 0 radical (unpaired) electrons. The summed E-state index contributed by atoms with van der Waals surface area (Å²) in [6.07, 6.45) is 1.74. The maximum absolute atomic E-state index is 13.4. The average Bonchev–Trinajstić information content (AvgIpc) is 2.62. The van der Waals surface area contributed by atoms with Gasteiger partial charge in [-0.1, -0.05) is 13.3 Å². The molecular formula is C13H15BrFN3O. The van der Waals surface area contributed by atoms with Crippen molar-refractivity contribution in [2.24, 2.45) is 7.05 Å². The van der Waals surface area contributed by atoms with Gasteiger partial charge >= 0.3 is 0 Å². The van der Waals surface area contributed by atoms with Crippen LogP contribution in [0.25, 0.3) is 0 Å². The highest BCUT2D eigenvalue weighted by atomic mass is 79.9. The van der Waals surface area contributed by atoms with Crippen molar-refractivity contribution in [3.05, 3.63) is 34.2 Å². The maximum atomic E-state index is 13.4. The fourth-order valence-corrected chi connectivity index (χ4v) is 2.02. The van der Waals surface area contributed by atoms with Crippen molar-refractivity contribution in [1.82, 2.24) is 9.78 Å². The Labute approximate surface area is 119 Å². The summed E-state index contributed by atoms with van der Waals surface area (Å²) in [5, 5.41) is 4.30. The number of ether oxygens (including phenoxy) is 1. The lowest BCUT2D eigenvalue weighted by Crippen LogP contribution is -1.97. The lowest BCUT2D eigenvalue weighted by molar-refractivity contribution is 0.429. The van der Waals surface area contributed by atoms with Crippen LogP contribution < -0.4 is 10.5 Å². The third-order valence-electron chi connectivity index (χ3n) is 2.70. The van der Waals surface area contributed by atoms with E-state index in [9.17, 15) is 4.39 Å². The van der Waals surface area contributed by atoms with Gasteiger partial charge in [-0.3, -0.25) is 0 Å². The number of nitrogens with two attached hydrogens (primary N) is 1. The molecule has 1 aromatic carbocycles. The van der Waals surface area contributed by atoms with Crippen molar-refractivity contribution in [2.75, 3.05) is 5.73 Å². The molecule has 4 nitrogen and oxygen atoms in total. The molecule has 1 heterocycles. The minimum absolute atomic E-state index is 0.382. The summed E-state index contributed by atoms with van der Waals surface area (Å²) < 4.78 is 21.0. The van der Waals surface area contributed by atoms with Gasteiger partial charge in [0.2, 0.25) is 5.88 Å². The standard InChI is InChI=1S/C13H15BrFN3O/c1-3-4-11-12(16)13(18(2)17-11)19-8-5-6-9(14)10(15)7-8/h5-7H,3-4,16H2,1-2H3. The molecule has 0 saturated carbocycles. The molecule has 0 fully saturated rings. The van der Waals surface area contributed by atoms with Crippen LogP contribution in [0.4, 0.5) is 10.1 Å². The molecule has 0 unspecified atom stereocenters. The normalized spacial score (nSPS) is 10.7. The Hall–Kier alpha value is -1.56. The number of anilines is 1. The summed E-state index contributed by atoms with van der Waals surface area (Å²) in [4.78, 5) is 0. The molecule has 2 N–H and O–H groups in total. The summed E-state index contributed by atoms with van der Waals surface area (Å²) in [5.74, 6) is 0.440. The third kappa shape index (κ3) is 2.89. The van der Waals surface area contributed by atoms with Gasteiger partial charge in [0.25, 0.3) is 0 Å². The largest absolute Gasteiger partial charge is 0.437 e. The van der Waals surface area contributed by atoms with Crippen LogP contribution in [-0.4, -0.2) is 9.78 Å². The van der Waals surface area contributed by atoms with Crippen LogP contribution in [0, 0.1) is 5.82 Å². The number of halogens is 2. The second-order valence-electron chi connectivity index (χ2n) is 4.22. The topological polar surface area (TPSA) is 53.1 Å². The summed E-state index contributed by atoms with van der Waals surface area (Å²) in [6.45, 7) is 2.05. The Morgan fingerprint density at radius 2 is 2.21 bits per heavy atom. The van der Waals surface area contributed by atoms with Gasteiger partial charge in [0, 0.05) is 13.1 Å². The zero-order chi connectivity index (χ0) is 14.0. The highest BCUT2D eigenvalue weighted by Crippen LogP contribution is 2.31. The monoisotopic (exact) mass is 327 g/mol. The molecule has 0 amide bonds. The number of aromatic nitrogens is 2.